The average Bonchev–Trinajstić information content (AvgIpc) is 3.17. The Morgan fingerprint density at radius 3 is 2.68 bits per heavy atom. The topological polar surface area (TPSA) is 94.5 Å². The van der Waals surface area contributed by atoms with Gasteiger partial charge in [-0.05, 0) is 17.7 Å². The number of carbonyl (C=O) groups excluding carboxylic acids is 2. The molecule has 9 heteroatoms. The molecule has 2 aromatic carbocycles. The Labute approximate surface area is 184 Å². The van der Waals surface area contributed by atoms with E-state index in [0.717, 1.165) is 11.3 Å². The van der Waals surface area contributed by atoms with Crippen LogP contribution in [-0.4, -0.2) is 46.5 Å². The van der Waals surface area contributed by atoms with E-state index in [1.165, 1.54) is 11.8 Å². The zero-order valence-electron chi connectivity index (χ0n) is 16.9. The lowest BCUT2D eigenvalue weighted by Crippen LogP contribution is -2.46. The number of aromatic nitrogens is 2. The van der Waals surface area contributed by atoms with Crippen LogP contribution in [0.3, 0.4) is 0 Å². The molecule has 1 aliphatic heterocycles. The number of nitrogens with one attached hydrogen (secondary N) is 2. The number of hydrogen-bond acceptors (Lipinski definition) is 6. The molecule has 3 amide bonds. The van der Waals surface area contributed by atoms with Crippen molar-refractivity contribution in [2.45, 2.75) is 11.3 Å². The quantitative estimate of drug-likeness (QED) is 0.575. The van der Waals surface area contributed by atoms with Crippen LogP contribution in [-0.2, 0) is 11.8 Å². The number of thioether (sulfide) groups is 1. The number of para-hydroxylation sites is 2. The summed E-state index contributed by atoms with van der Waals surface area (Å²) in [4.78, 5) is 28.6. The summed E-state index contributed by atoms with van der Waals surface area (Å²) in [6.07, 6.45) is 1.45. The van der Waals surface area contributed by atoms with Gasteiger partial charge in [0, 0.05) is 7.05 Å². The van der Waals surface area contributed by atoms with Crippen LogP contribution >= 0.6 is 11.8 Å². The average molecular weight is 439 g/mol. The number of fused-ring (bicyclic) bond motifs is 1. The zero-order chi connectivity index (χ0) is 21.6. The Bertz CT molecular complexity index is 1070. The van der Waals surface area contributed by atoms with Crippen LogP contribution in [0.5, 0.6) is 11.5 Å². The largest absolute Gasteiger partial charge is 0.486 e. The maximum absolute atomic E-state index is 12.1. The third-order valence-corrected chi connectivity index (χ3v) is 5.70. The van der Waals surface area contributed by atoms with Gasteiger partial charge >= 0.3 is 6.03 Å². The molecule has 3 aromatic rings. The zero-order valence-corrected chi connectivity index (χ0v) is 17.7. The number of hydrogen-bond donors (Lipinski definition) is 2. The molecule has 31 heavy (non-hydrogen) atoms. The van der Waals surface area contributed by atoms with E-state index in [2.05, 4.69) is 15.6 Å². The number of imidazole rings is 1. The molecular weight excluding hydrogens is 416 g/mol. The van der Waals surface area contributed by atoms with E-state index in [1.807, 2.05) is 66.2 Å². The van der Waals surface area contributed by atoms with Crippen LogP contribution in [0, 0.1) is 0 Å². The smallest absolute Gasteiger partial charge is 0.321 e. The molecule has 0 saturated heterocycles. The molecule has 0 aliphatic carbocycles. The van der Waals surface area contributed by atoms with Crippen LogP contribution in [0.1, 0.15) is 0 Å². The molecule has 4 rings (SSSR count). The van der Waals surface area contributed by atoms with Crippen molar-refractivity contribution in [3.05, 3.63) is 60.8 Å². The van der Waals surface area contributed by atoms with E-state index in [-0.39, 0.29) is 18.4 Å². The van der Waals surface area contributed by atoms with Gasteiger partial charge in [-0.2, -0.15) is 0 Å². The lowest BCUT2D eigenvalue weighted by atomic mass is 10.2. The number of amides is 3. The first-order chi connectivity index (χ1) is 15.1. The summed E-state index contributed by atoms with van der Waals surface area (Å²) in [6.45, 7) is 0.546. The molecule has 0 fully saturated rings. The maximum Gasteiger partial charge on any atom is 0.321 e. The molecule has 1 atom stereocenters. The summed E-state index contributed by atoms with van der Waals surface area (Å²) in [7, 11) is 1.90. The number of urea groups is 1. The fraction of sp³-hybridized carbons (Fsp3) is 0.227. The highest BCUT2D eigenvalue weighted by molar-refractivity contribution is 7.99. The molecule has 1 aliphatic rings. The lowest BCUT2D eigenvalue weighted by molar-refractivity contribution is -0.117. The van der Waals surface area contributed by atoms with Gasteiger partial charge in [-0.15, -0.1) is 0 Å². The summed E-state index contributed by atoms with van der Waals surface area (Å²) in [6, 6.07) is 16.7. The first kappa shape index (κ1) is 20.8. The predicted octanol–water partition coefficient (Wildman–Crippen LogP) is 2.85. The van der Waals surface area contributed by atoms with Crippen LogP contribution in [0.15, 0.2) is 66.0 Å². The number of carbonyl (C=O) groups is 2. The van der Waals surface area contributed by atoms with Crippen LogP contribution in [0.2, 0.25) is 0 Å². The minimum absolute atomic E-state index is 0.0723. The van der Waals surface area contributed by atoms with E-state index >= 15 is 0 Å². The Kier molecular flexibility index (Phi) is 6.42. The SMILES string of the molecule is Cn1c(-c2ccccc2)cnc1SCC(=O)NC(=O)NCC1COc2ccccc2O1. The first-order valence-electron chi connectivity index (χ1n) is 9.76. The van der Waals surface area contributed by atoms with Gasteiger partial charge in [0.05, 0.1) is 24.2 Å². The maximum atomic E-state index is 12.1. The van der Waals surface area contributed by atoms with Gasteiger partial charge in [0.25, 0.3) is 0 Å². The molecule has 1 aromatic heterocycles. The standard InChI is InChI=1S/C22H22N4O4S/c1-26-17(15-7-3-2-4-8-15)12-24-22(26)31-14-20(27)25-21(28)23-11-16-13-29-18-9-5-6-10-19(18)30-16/h2-10,12,16H,11,13-14H2,1H3,(H2,23,25,27,28). The fourth-order valence-corrected chi connectivity index (χ4v) is 3.86. The fourth-order valence-electron chi connectivity index (χ4n) is 3.11. The number of benzene rings is 2. The number of ether oxygens (including phenoxy) is 2. The molecule has 2 N–H and O–H groups in total. The predicted molar refractivity (Wildman–Crippen MR) is 117 cm³/mol. The van der Waals surface area contributed by atoms with Gasteiger partial charge in [0.1, 0.15) is 6.61 Å². The molecule has 1 unspecified atom stereocenters. The minimum Gasteiger partial charge on any atom is -0.486 e. The highest BCUT2D eigenvalue weighted by Crippen LogP contribution is 2.30. The molecule has 0 saturated carbocycles. The molecule has 0 bridgehead atoms. The minimum atomic E-state index is -0.571. The van der Waals surface area contributed by atoms with Crippen molar-refractivity contribution in [3.8, 4) is 22.8 Å². The second kappa shape index (κ2) is 9.57. The van der Waals surface area contributed by atoms with Crippen molar-refractivity contribution >= 4 is 23.7 Å². The number of nitrogens with zero attached hydrogens (tertiary/aromatic N) is 2. The van der Waals surface area contributed by atoms with E-state index in [0.29, 0.717) is 23.3 Å². The van der Waals surface area contributed by atoms with Crippen molar-refractivity contribution in [1.29, 1.82) is 0 Å². The van der Waals surface area contributed by atoms with Crippen molar-refractivity contribution < 1.29 is 19.1 Å². The molecule has 8 nitrogen and oxygen atoms in total. The van der Waals surface area contributed by atoms with Crippen LogP contribution < -0.4 is 20.1 Å². The molecule has 0 radical (unpaired) electrons. The third-order valence-electron chi connectivity index (χ3n) is 4.66. The van der Waals surface area contributed by atoms with Crippen molar-refractivity contribution in [3.63, 3.8) is 0 Å². The van der Waals surface area contributed by atoms with Crippen molar-refractivity contribution in [2.24, 2.45) is 7.05 Å². The Morgan fingerprint density at radius 1 is 1.13 bits per heavy atom. The Hall–Kier alpha value is -3.46. The Balaban J connectivity index is 1.22. The lowest BCUT2D eigenvalue weighted by Gasteiger charge is -2.26. The van der Waals surface area contributed by atoms with Crippen LogP contribution in [0.25, 0.3) is 11.3 Å². The normalized spacial score (nSPS) is 14.7. The van der Waals surface area contributed by atoms with Gasteiger partial charge in [-0.25, -0.2) is 9.78 Å². The highest BCUT2D eigenvalue weighted by Gasteiger charge is 2.21. The summed E-state index contributed by atoms with van der Waals surface area (Å²) < 4.78 is 13.3. The monoisotopic (exact) mass is 438 g/mol. The van der Waals surface area contributed by atoms with E-state index < -0.39 is 11.9 Å². The summed E-state index contributed by atoms with van der Waals surface area (Å²) in [5, 5.41) is 5.66. The van der Waals surface area contributed by atoms with Crippen molar-refractivity contribution in [2.75, 3.05) is 18.9 Å². The first-order valence-corrected chi connectivity index (χ1v) is 10.7. The van der Waals surface area contributed by atoms with Gasteiger partial charge < -0.3 is 19.4 Å². The second-order valence-electron chi connectivity index (χ2n) is 6.90. The summed E-state index contributed by atoms with van der Waals surface area (Å²) >= 11 is 1.27. The second-order valence-corrected chi connectivity index (χ2v) is 7.84. The molecule has 160 valence electrons. The van der Waals surface area contributed by atoms with E-state index in [9.17, 15) is 9.59 Å². The summed E-state index contributed by atoms with van der Waals surface area (Å²) in [5.74, 6) is 0.986. The summed E-state index contributed by atoms with van der Waals surface area (Å²) in [5.41, 5.74) is 2.00. The Morgan fingerprint density at radius 2 is 1.87 bits per heavy atom. The molecule has 0 spiro atoms. The highest BCUT2D eigenvalue weighted by atomic mass is 32.2. The van der Waals surface area contributed by atoms with Gasteiger partial charge in [0.15, 0.2) is 22.8 Å². The van der Waals surface area contributed by atoms with Gasteiger partial charge in [-0.1, -0.05) is 54.2 Å². The third kappa shape index (κ3) is 5.18. The number of rotatable bonds is 6. The molecular formula is C22H22N4O4S. The van der Waals surface area contributed by atoms with Crippen LogP contribution in [0.4, 0.5) is 4.79 Å². The molecule has 2 heterocycles. The van der Waals surface area contributed by atoms with Gasteiger partial charge in [-0.3, -0.25) is 10.1 Å². The van der Waals surface area contributed by atoms with Gasteiger partial charge in [0.2, 0.25) is 5.91 Å². The van der Waals surface area contributed by atoms with Crippen molar-refractivity contribution in [1.82, 2.24) is 20.2 Å². The number of imide groups is 1. The van der Waals surface area contributed by atoms with E-state index in [1.54, 1.807) is 6.20 Å². The van der Waals surface area contributed by atoms with E-state index in [4.69, 9.17) is 9.47 Å².